The summed E-state index contributed by atoms with van der Waals surface area (Å²) in [7, 11) is 1.43. The van der Waals surface area contributed by atoms with Gasteiger partial charge in [-0.2, -0.15) is 0 Å². The number of halogens is 1. The topological polar surface area (TPSA) is 42.4 Å². The fourth-order valence-corrected chi connectivity index (χ4v) is 2.28. The van der Waals surface area contributed by atoms with Crippen molar-refractivity contribution < 1.29 is 9.53 Å². The van der Waals surface area contributed by atoms with Crippen LogP contribution in [0, 0.1) is 11.8 Å². The number of rotatable bonds is 2. The third kappa shape index (κ3) is 2.52. The van der Waals surface area contributed by atoms with Crippen LogP contribution in [-0.2, 0) is 9.53 Å². The molecule has 0 radical (unpaired) electrons. The van der Waals surface area contributed by atoms with Gasteiger partial charge in [0.1, 0.15) is 5.82 Å². The Morgan fingerprint density at radius 3 is 2.88 bits per heavy atom. The lowest BCUT2D eigenvalue weighted by atomic mass is 9.99. The Bertz CT molecular complexity index is 407. The number of methoxy groups -OCH3 is 1. The highest BCUT2D eigenvalue weighted by Crippen LogP contribution is 2.28. The van der Waals surface area contributed by atoms with Crippen molar-refractivity contribution in [2.45, 2.75) is 6.92 Å². The summed E-state index contributed by atoms with van der Waals surface area (Å²) in [5, 5.41) is 0.616. The molecule has 17 heavy (non-hydrogen) atoms. The van der Waals surface area contributed by atoms with E-state index in [1.165, 1.54) is 7.11 Å². The number of anilines is 1. The summed E-state index contributed by atoms with van der Waals surface area (Å²) in [6.07, 6.45) is 1.62. The number of nitrogens with zero attached hydrogens (tertiary/aromatic N) is 2. The number of hydrogen-bond acceptors (Lipinski definition) is 4. The van der Waals surface area contributed by atoms with Gasteiger partial charge in [-0.1, -0.05) is 18.5 Å². The van der Waals surface area contributed by atoms with Gasteiger partial charge in [0.2, 0.25) is 0 Å². The molecule has 1 aliphatic heterocycles. The molecule has 2 atom stereocenters. The highest BCUT2D eigenvalue weighted by molar-refractivity contribution is 6.30. The number of esters is 1. The predicted molar refractivity (Wildman–Crippen MR) is 66.1 cm³/mol. The zero-order valence-electron chi connectivity index (χ0n) is 9.89. The maximum atomic E-state index is 11.6. The smallest absolute Gasteiger partial charge is 0.310 e. The number of pyridine rings is 1. The highest BCUT2D eigenvalue weighted by atomic mass is 35.5. The first-order valence-electron chi connectivity index (χ1n) is 5.56. The molecular formula is C12H15ClN2O2. The van der Waals surface area contributed by atoms with E-state index in [0.717, 1.165) is 12.4 Å². The van der Waals surface area contributed by atoms with Crippen molar-refractivity contribution in [2.24, 2.45) is 11.8 Å². The Morgan fingerprint density at radius 2 is 2.29 bits per heavy atom. The second kappa shape index (κ2) is 4.92. The van der Waals surface area contributed by atoms with Gasteiger partial charge in [-0.25, -0.2) is 4.98 Å². The normalized spacial score (nSPS) is 23.8. The lowest BCUT2D eigenvalue weighted by Gasteiger charge is -2.16. The molecule has 92 valence electrons. The Kier molecular flexibility index (Phi) is 3.52. The molecule has 1 saturated heterocycles. The van der Waals surface area contributed by atoms with Gasteiger partial charge in [0.25, 0.3) is 0 Å². The van der Waals surface area contributed by atoms with Crippen molar-refractivity contribution in [3.63, 3.8) is 0 Å². The number of ether oxygens (including phenoxy) is 1. The Morgan fingerprint density at radius 1 is 1.53 bits per heavy atom. The van der Waals surface area contributed by atoms with Gasteiger partial charge in [-0.15, -0.1) is 0 Å². The van der Waals surface area contributed by atoms with Crippen molar-refractivity contribution in [1.29, 1.82) is 0 Å². The first kappa shape index (κ1) is 12.2. The van der Waals surface area contributed by atoms with Gasteiger partial charge in [0, 0.05) is 19.3 Å². The van der Waals surface area contributed by atoms with E-state index in [4.69, 9.17) is 16.3 Å². The average molecular weight is 255 g/mol. The van der Waals surface area contributed by atoms with E-state index in [2.05, 4.69) is 16.8 Å². The molecule has 0 N–H and O–H groups in total. The summed E-state index contributed by atoms with van der Waals surface area (Å²) in [4.78, 5) is 17.9. The SMILES string of the molecule is COC(=O)C1CN(c2ccc(Cl)cn2)CC1C. The van der Waals surface area contributed by atoms with Crippen molar-refractivity contribution in [3.05, 3.63) is 23.4 Å². The van der Waals surface area contributed by atoms with E-state index in [1.54, 1.807) is 12.3 Å². The minimum Gasteiger partial charge on any atom is -0.469 e. The molecule has 0 aliphatic carbocycles. The summed E-state index contributed by atoms with van der Waals surface area (Å²) in [5.74, 6) is 0.916. The summed E-state index contributed by atoms with van der Waals surface area (Å²) in [5.41, 5.74) is 0. The number of carbonyl (C=O) groups excluding carboxylic acids is 1. The zero-order chi connectivity index (χ0) is 12.4. The second-order valence-corrected chi connectivity index (χ2v) is 4.78. The molecule has 2 rings (SSSR count). The molecule has 0 amide bonds. The second-order valence-electron chi connectivity index (χ2n) is 4.35. The maximum absolute atomic E-state index is 11.6. The lowest BCUT2D eigenvalue weighted by Crippen LogP contribution is -2.24. The van der Waals surface area contributed by atoms with Crippen molar-refractivity contribution >= 4 is 23.4 Å². The van der Waals surface area contributed by atoms with E-state index >= 15 is 0 Å². The van der Waals surface area contributed by atoms with E-state index < -0.39 is 0 Å². The molecule has 2 unspecified atom stereocenters. The van der Waals surface area contributed by atoms with Gasteiger partial charge < -0.3 is 9.64 Å². The summed E-state index contributed by atoms with van der Waals surface area (Å²) in [6, 6.07) is 3.68. The minimum absolute atomic E-state index is 0.0718. The lowest BCUT2D eigenvalue weighted by molar-refractivity contribution is -0.145. The van der Waals surface area contributed by atoms with Crippen LogP contribution in [-0.4, -0.2) is 31.2 Å². The molecule has 1 aromatic rings. The minimum atomic E-state index is -0.144. The summed E-state index contributed by atoms with van der Waals surface area (Å²) >= 11 is 5.79. The van der Waals surface area contributed by atoms with Crippen molar-refractivity contribution in [2.75, 3.05) is 25.1 Å². The molecule has 1 aromatic heterocycles. The largest absolute Gasteiger partial charge is 0.469 e. The van der Waals surface area contributed by atoms with Crippen LogP contribution >= 0.6 is 11.6 Å². The van der Waals surface area contributed by atoms with E-state index in [0.29, 0.717) is 11.6 Å². The Labute approximate surface area is 106 Å². The first-order valence-corrected chi connectivity index (χ1v) is 5.94. The molecule has 1 aliphatic rings. The molecule has 0 saturated carbocycles. The van der Waals surface area contributed by atoms with Gasteiger partial charge in [-0.05, 0) is 18.1 Å². The molecule has 0 spiro atoms. The molecule has 5 heteroatoms. The third-order valence-corrected chi connectivity index (χ3v) is 3.38. The van der Waals surface area contributed by atoms with E-state index in [1.807, 2.05) is 6.07 Å². The van der Waals surface area contributed by atoms with Crippen LogP contribution in [0.2, 0.25) is 5.02 Å². The Balaban J connectivity index is 2.10. The monoisotopic (exact) mass is 254 g/mol. The molecule has 2 heterocycles. The first-order chi connectivity index (χ1) is 8.11. The quantitative estimate of drug-likeness (QED) is 0.757. The molecular weight excluding hydrogens is 240 g/mol. The fourth-order valence-electron chi connectivity index (χ4n) is 2.17. The Hall–Kier alpha value is -1.29. The molecule has 4 nitrogen and oxygen atoms in total. The van der Waals surface area contributed by atoms with Gasteiger partial charge in [0.15, 0.2) is 0 Å². The van der Waals surface area contributed by atoms with Gasteiger partial charge in [0.05, 0.1) is 18.1 Å². The van der Waals surface area contributed by atoms with Crippen molar-refractivity contribution in [3.8, 4) is 0 Å². The van der Waals surface area contributed by atoms with Crippen LogP contribution in [0.15, 0.2) is 18.3 Å². The molecule has 0 aromatic carbocycles. The fraction of sp³-hybridized carbons (Fsp3) is 0.500. The van der Waals surface area contributed by atoms with Crippen LogP contribution in [0.1, 0.15) is 6.92 Å². The third-order valence-electron chi connectivity index (χ3n) is 3.15. The van der Waals surface area contributed by atoms with E-state index in [9.17, 15) is 4.79 Å². The predicted octanol–water partition coefficient (Wildman–Crippen LogP) is 1.98. The van der Waals surface area contributed by atoms with Crippen LogP contribution in [0.3, 0.4) is 0 Å². The molecule has 1 fully saturated rings. The van der Waals surface area contributed by atoms with Crippen LogP contribution in [0.25, 0.3) is 0 Å². The van der Waals surface area contributed by atoms with Gasteiger partial charge >= 0.3 is 5.97 Å². The maximum Gasteiger partial charge on any atom is 0.310 e. The zero-order valence-corrected chi connectivity index (χ0v) is 10.6. The number of carbonyl (C=O) groups is 1. The van der Waals surface area contributed by atoms with Crippen molar-refractivity contribution in [1.82, 2.24) is 4.98 Å². The average Bonchev–Trinajstić information content (AvgIpc) is 2.71. The highest BCUT2D eigenvalue weighted by Gasteiger charge is 2.35. The summed E-state index contributed by atoms with van der Waals surface area (Å²) < 4.78 is 4.80. The number of aromatic nitrogens is 1. The standard InChI is InChI=1S/C12H15ClN2O2/c1-8-6-15(7-10(8)12(16)17-2)11-4-3-9(13)5-14-11/h3-5,8,10H,6-7H2,1-2H3. The van der Waals surface area contributed by atoms with Crippen LogP contribution in [0.4, 0.5) is 5.82 Å². The van der Waals surface area contributed by atoms with Crippen LogP contribution in [0.5, 0.6) is 0 Å². The number of hydrogen-bond donors (Lipinski definition) is 0. The van der Waals surface area contributed by atoms with Crippen LogP contribution < -0.4 is 4.90 Å². The summed E-state index contributed by atoms with van der Waals surface area (Å²) in [6.45, 7) is 3.52. The van der Waals surface area contributed by atoms with E-state index in [-0.39, 0.29) is 17.8 Å². The molecule has 0 bridgehead atoms. The van der Waals surface area contributed by atoms with Gasteiger partial charge in [-0.3, -0.25) is 4.79 Å².